The van der Waals surface area contributed by atoms with Crippen LogP contribution in [0.5, 0.6) is 5.75 Å². The quantitative estimate of drug-likeness (QED) is 0.661. The molecule has 16 heavy (non-hydrogen) atoms. The molecule has 0 fully saturated rings. The molecule has 0 unspecified atom stereocenters. The zero-order valence-electron chi connectivity index (χ0n) is 9.48. The van der Waals surface area contributed by atoms with E-state index in [1.807, 2.05) is 6.07 Å². The molecule has 0 aliphatic carbocycles. The first kappa shape index (κ1) is 12.5. The minimum absolute atomic E-state index is 0.395. The van der Waals surface area contributed by atoms with E-state index in [1.165, 1.54) is 0 Å². The van der Waals surface area contributed by atoms with Crippen molar-refractivity contribution in [3.8, 4) is 11.8 Å². The van der Waals surface area contributed by atoms with Crippen molar-refractivity contribution in [3.63, 3.8) is 0 Å². The van der Waals surface area contributed by atoms with Gasteiger partial charge in [-0.2, -0.15) is 5.26 Å². The van der Waals surface area contributed by atoms with Crippen LogP contribution in [0.25, 0.3) is 0 Å². The van der Waals surface area contributed by atoms with E-state index < -0.39 is 0 Å². The molecule has 1 aromatic rings. The summed E-state index contributed by atoms with van der Waals surface area (Å²) >= 11 is 0. The molecule has 0 saturated heterocycles. The third-order valence-corrected chi connectivity index (χ3v) is 1.99. The highest BCUT2D eigenvalue weighted by Gasteiger charge is 1.95. The van der Waals surface area contributed by atoms with Gasteiger partial charge in [0.2, 0.25) is 0 Å². The number of unbranched alkanes of at least 4 members (excludes halogenated alkanes) is 1. The first-order valence-corrected chi connectivity index (χ1v) is 5.43. The third kappa shape index (κ3) is 4.76. The Morgan fingerprint density at radius 2 is 2.19 bits per heavy atom. The summed E-state index contributed by atoms with van der Waals surface area (Å²) in [7, 11) is 0. The predicted octanol–water partition coefficient (Wildman–Crippen LogP) is 2.15. The van der Waals surface area contributed by atoms with Gasteiger partial charge in [-0.3, -0.25) is 0 Å². The lowest BCUT2D eigenvalue weighted by Crippen LogP contribution is -2.07. The molecule has 1 rings (SSSR count). The van der Waals surface area contributed by atoms with Crippen LogP contribution in [0.4, 0.5) is 0 Å². The van der Waals surface area contributed by atoms with Gasteiger partial charge in [0, 0.05) is 6.61 Å². The molecule has 0 spiro atoms. The Labute approximate surface area is 95.8 Å². The topological polar surface area (TPSA) is 55.1 Å². The highest BCUT2D eigenvalue weighted by Crippen LogP contribution is 2.08. The lowest BCUT2D eigenvalue weighted by Gasteiger charge is -2.06. The first-order valence-electron chi connectivity index (χ1n) is 5.43. The molecule has 0 amide bonds. The monoisotopic (exact) mass is 220 g/mol. The molecule has 0 aromatic carbocycles. The van der Waals surface area contributed by atoms with Crippen LogP contribution >= 0.6 is 0 Å². The number of hydrogen-bond acceptors (Lipinski definition) is 4. The molecule has 4 heteroatoms. The fraction of sp³-hybridized carbons (Fsp3) is 0.500. The average Bonchev–Trinajstić information content (AvgIpc) is 2.34. The van der Waals surface area contributed by atoms with Gasteiger partial charge in [-0.25, -0.2) is 4.98 Å². The van der Waals surface area contributed by atoms with Gasteiger partial charge in [-0.1, -0.05) is 13.3 Å². The molecule has 0 N–H and O–H groups in total. The lowest BCUT2D eigenvalue weighted by atomic mass is 10.4. The summed E-state index contributed by atoms with van der Waals surface area (Å²) in [6, 6.07) is 5.32. The largest absolute Gasteiger partial charge is 0.490 e. The van der Waals surface area contributed by atoms with Gasteiger partial charge in [-0.15, -0.1) is 0 Å². The fourth-order valence-electron chi connectivity index (χ4n) is 1.10. The van der Waals surface area contributed by atoms with Crippen molar-refractivity contribution in [1.29, 1.82) is 5.26 Å². The molecule has 1 aromatic heterocycles. The summed E-state index contributed by atoms with van der Waals surface area (Å²) in [4.78, 5) is 3.90. The molecule has 0 aliphatic heterocycles. The number of nitriles is 1. The molecule has 0 radical (unpaired) electrons. The van der Waals surface area contributed by atoms with Gasteiger partial charge < -0.3 is 9.47 Å². The summed E-state index contributed by atoms with van der Waals surface area (Å²) in [5.74, 6) is 0.665. The highest BCUT2D eigenvalue weighted by atomic mass is 16.5. The zero-order chi connectivity index (χ0) is 11.6. The van der Waals surface area contributed by atoms with Crippen molar-refractivity contribution in [2.45, 2.75) is 19.8 Å². The Morgan fingerprint density at radius 3 is 2.81 bits per heavy atom. The Hall–Kier alpha value is -1.60. The second kappa shape index (κ2) is 7.66. The smallest absolute Gasteiger partial charge is 0.140 e. The molecular formula is C12H16N2O2. The number of hydrogen-bond donors (Lipinski definition) is 0. The van der Waals surface area contributed by atoms with Gasteiger partial charge in [0.25, 0.3) is 0 Å². The molecule has 0 saturated carbocycles. The van der Waals surface area contributed by atoms with E-state index in [0.717, 1.165) is 19.4 Å². The second-order valence-electron chi connectivity index (χ2n) is 3.31. The lowest BCUT2D eigenvalue weighted by molar-refractivity contribution is 0.0979. The van der Waals surface area contributed by atoms with Crippen LogP contribution in [0.15, 0.2) is 18.3 Å². The van der Waals surface area contributed by atoms with E-state index in [9.17, 15) is 0 Å². The Kier molecular flexibility index (Phi) is 5.97. The van der Waals surface area contributed by atoms with Crippen LogP contribution < -0.4 is 4.74 Å². The number of nitrogens with zero attached hydrogens (tertiary/aromatic N) is 2. The van der Waals surface area contributed by atoms with Crippen LogP contribution in [-0.4, -0.2) is 24.8 Å². The van der Waals surface area contributed by atoms with Gasteiger partial charge in [-0.05, 0) is 18.6 Å². The maximum atomic E-state index is 8.55. The maximum absolute atomic E-state index is 8.55. The SMILES string of the molecule is CCCCOCCOc1ccc(C#N)nc1. The van der Waals surface area contributed by atoms with Crippen molar-refractivity contribution in [2.24, 2.45) is 0 Å². The van der Waals surface area contributed by atoms with Crippen LogP contribution in [0.1, 0.15) is 25.5 Å². The van der Waals surface area contributed by atoms with Crippen molar-refractivity contribution < 1.29 is 9.47 Å². The molecule has 0 aliphatic rings. The molecule has 0 atom stereocenters. The normalized spacial score (nSPS) is 9.75. The standard InChI is InChI=1S/C12H16N2O2/c1-2-3-6-15-7-8-16-12-5-4-11(9-13)14-10-12/h4-5,10H,2-3,6-8H2,1H3. The van der Waals surface area contributed by atoms with Crippen molar-refractivity contribution >= 4 is 0 Å². The predicted molar refractivity (Wildman–Crippen MR) is 60.2 cm³/mol. The Morgan fingerprint density at radius 1 is 1.31 bits per heavy atom. The summed E-state index contributed by atoms with van der Waals surface area (Å²) in [6.07, 6.45) is 3.77. The van der Waals surface area contributed by atoms with E-state index >= 15 is 0 Å². The average molecular weight is 220 g/mol. The fourth-order valence-corrected chi connectivity index (χ4v) is 1.10. The summed E-state index contributed by atoms with van der Waals surface area (Å²) in [5.41, 5.74) is 0.395. The van der Waals surface area contributed by atoms with Crippen LogP contribution in [-0.2, 0) is 4.74 Å². The molecule has 4 nitrogen and oxygen atoms in total. The third-order valence-electron chi connectivity index (χ3n) is 1.99. The number of pyridine rings is 1. The van der Waals surface area contributed by atoms with Crippen LogP contribution in [0.2, 0.25) is 0 Å². The Balaban J connectivity index is 2.15. The van der Waals surface area contributed by atoms with E-state index in [2.05, 4.69) is 11.9 Å². The number of rotatable bonds is 7. The van der Waals surface area contributed by atoms with Crippen molar-refractivity contribution in [3.05, 3.63) is 24.0 Å². The van der Waals surface area contributed by atoms with Crippen LogP contribution in [0.3, 0.4) is 0 Å². The minimum atomic E-state index is 0.395. The van der Waals surface area contributed by atoms with Gasteiger partial charge in [0.05, 0.1) is 12.8 Å². The minimum Gasteiger partial charge on any atom is -0.490 e. The van der Waals surface area contributed by atoms with Crippen molar-refractivity contribution in [1.82, 2.24) is 4.98 Å². The van der Waals surface area contributed by atoms with Gasteiger partial charge >= 0.3 is 0 Å². The maximum Gasteiger partial charge on any atom is 0.140 e. The first-order chi connectivity index (χ1) is 7.86. The highest BCUT2D eigenvalue weighted by molar-refractivity contribution is 5.26. The number of aromatic nitrogens is 1. The molecule has 1 heterocycles. The van der Waals surface area contributed by atoms with Gasteiger partial charge in [0.15, 0.2) is 0 Å². The van der Waals surface area contributed by atoms with E-state index in [4.69, 9.17) is 14.7 Å². The van der Waals surface area contributed by atoms with Gasteiger partial charge in [0.1, 0.15) is 24.1 Å². The van der Waals surface area contributed by atoms with E-state index in [1.54, 1.807) is 18.3 Å². The number of ether oxygens (including phenoxy) is 2. The van der Waals surface area contributed by atoms with Crippen molar-refractivity contribution in [2.75, 3.05) is 19.8 Å². The van der Waals surface area contributed by atoms with E-state index in [0.29, 0.717) is 24.7 Å². The van der Waals surface area contributed by atoms with E-state index in [-0.39, 0.29) is 0 Å². The zero-order valence-corrected chi connectivity index (χ0v) is 9.48. The summed E-state index contributed by atoms with van der Waals surface area (Å²) in [5, 5.41) is 8.55. The van der Waals surface area contributed by atoms with Crippen LogP contribution in [0, 0.1) is 11.3 Å². The molecular weight excluding hydrogens is 204 g/mol. The second-order valence-corrected chi connectivity index (χ2v) is 3.31. The molecule has 86 valence electrons. The summed E-state index contributed by atoms with van der Waals surface area (Å²) in [6.45, 7) is 4.01. The Bertz CT molecular complexity index is 330. The molecule has 0 bridgehead atoms. The summed E-state index contributed by atoms with van der Waals surface area (Å²) < 4.78 is 10.7.